The van der Waals surface area contributed by atoms with Crippen molar-refractivity contribution in [1.29, 1.82) is 0 Å². The number of hydrogen-bond acceptors (Lipinski definition) is 5. The lowest BCUT2D eigenvalue weighted by Crippen LogP contribution is -2.35. The Kier molecular flexibility index (Phi) is 5.61. The molecule has 3 amide bonds. The van der Waals surface area contributed by atoms with Crippen molar-refractivity contribution in [2.24, 2.45) is 0 Å². The van der Waals surface area contributed by atoms with Gasteiger partial charge >= 0.3 is 6.03 Å². The summed E-state index contributed by atoms with van der Waals surface area (Å²) in [6, 6.07) is 5.08. The van der Waals surface area contributed by atoms with Gasteiger partial charge in [0.05, 0.1) is 5.75 Å². The van der Waals surface area contributed by atoms with Crippen LogP contribution < -0.4 is 10.6 Å². The standard InChI is InChI=1S/C18H23N5O2S/c1-4-23-16(13-6-7-13)21-22-18(23)26-10-15(24)20-17(25)19-14-8-5-11(2)12(3)9-14/h5,8-9,13H,4,6-7,10H2,1-3H3,(H2,19,20,24,25). The van der Waals surface area contributed by atoms with Gasteiger partial charge in [0, 0.05) is 18.2 Å². The van der Waals surface area contributed by atoms with Gasteiger partial charge in [-0.2, -0.15) is 0 Å². The van der Waals surface area contributed by atoms with Crippen LogP contribution in [0.1, 0.15) is 42.6 Å². The molecule has 0 spiro atoms. The third-order valence-electron chi connectivity index (χ3n) is 4.35. The average Bonchev–Trinajstić information content (AvgIpc) is 3.36. The van der Waals surface area contributed by atoms with E-state index in [1.165, 1.54) is 11.8 Å². The minimum Gasteiger partial charge on any atom is -0.308 e. The van der Waals surface area contributed by atoms with Crippen molar-refractivity contribution in [2.75, 3.05) is 11.1 Å². The number of nitrogens with zero attached hydrogens (tertiary/aromatic N) is 3. The molecule has 7 nitrogen and oxygen atoms in total. The van der Waals surface area contributed by atoms with Gasteiger partial charge in [0.2, 0.25) is 5.91 Å². The molecule has 3 rings (SSSR count). The summed E-state index contributed by atoms with van der Waals surface area (Å²) in [5.41, 5.74) is 2.88. The van der Waals surface area contributed by atoms with E-state index in [4.69, 9.17) is 0 Å². The fourth-order valence-electron chi connectivity index (χ4n) is 2.62. The first-order valence-electron chi connectivity index (χ1n) is 8.72. The number of nitrogens with one attached hydrogen (secondary N) is 2. The zero-order valence-corrected chi connectivity index (χ0v) is 16.0. The van der Waals surface area contributed by atoms with Crippen molar-refractivity contribution in [2.45, 2.75) is 51.2 Å². The van der Waals surface area contributed by atoms with E-state index in [1.54, 1.807) is 0 Å². The highest BCUT2D eigenvalue weighted by molar-refractivity contribution is 7.99. The summed E-state index contributed by atoms with van der Waals surface area (Å²) in [4.78, 5) is 24.0. The Hall–Kier alpha value is -2.35. The first-order valence-corrected chi connectivity index (χ1v) is 9.70. The number of benzene rings is 1. The van der Waals surface area contributed by atoms with E-state index < -0.39 is 6.03 Å². The van der Waals surface area contributed by atoms with Gasteiger partial charge in [-0.25, -0.2) is 4.79 Å². The monoisotopic (exact) mass is 373 g/mol. The van der Waals surface area contributed by atoms with E-state index in [-0.39, 0.29) is 11.7 Å². The molecule has 0 saturated heterocycles. The second kappa shape index (κ2) is 7.90. The zero-order chi connectivity index (χ0) is 18.7. The quantitative estimate of drug-likeness (QED) is 0.759. The zero-order valence-electron chi connectivity index (χ0n) is 15.2. The molecule has 138 valence electrons. The summed E-state index contributed by atoms with van der Waals surface area (Å²) in [5, 5.41) is 14.2. The lowest BCUT2D eigenvalue weighted by molar-refractivity contribution is -0.117. The van der Waals surface area contributed by atoms with Gasteiger partial charge in [-0.1, -0.05) is 17.8 Å². The average molecular weight is 373 g/mol. The Morgan fingerprint density at radius 2 is 2.00 bits per heavy atom. The Labute approximate surface area is 157 Å². The second-order valence-electron chi connectivity index (χ2n) is 6.45. The smallest absolute Gasteiger partial charge is 0.308 e. The Bertz CT molecular complexity index is 829. The van der Waals surface area contributed by atoms with Gasteiger partial charge in [-0.15, -0.1) is 10.2 Å². The van der Waals surface area contributed by atoms with Gasteiger partial charge in [0.25, 0.3) is 0 Å². The summed E-state index contributed by atoms with van der Waals surface area (Å²) in [7, 11) is 0. The largest absolute Gasteiger partial charge is 0.325 e. The number of hydrogen-bond donors (Lipinski definition) is 2. The van der Waals surface area contributed by atoms with Gasteiger partial charge < -0.3 is 9.88 Å². The Morgan fingerprint density at radius 3 is 2.65 bits per heavy atom. The topological polar surface area (TPSA) is 88.9 Å². The number of carbonyl (C=O) groups excluding carboxylic acids is 2. The van der Waals surface area contributed by atoms with Crippen LogP contribution in [0.4, 0.5) is 10.5 Å². The van der Waals surface area contributed by atoms with Crippen LogP contribution in [0, 0.1) is 13.8 Å². The van der Waals surface area contributed by atoms with Crippen molar-refractivity contribution in [3.05, 3.63) is 35.2 Å². The molecule has 0 unspecified atom stereocenters. The Morgan fingerprint density at radius 1 is 1.23 bits per heavy atom. The van der Waals surface area contributed by atoms with Crippen molar-refractivity contribution < 1.29 is 9.59 Å². The van der Waals surface area contributed by atoms with Crippen LogP contribution in [0.25, 0.3) is 0 Å². The van der Waals surface area contributed by atoms with E-state index in [9.17, 15) is 9.59 Å². The molecule has 8 heteroatoms. The van der Waals surface area contributed by atoms with Gasteiger partial charge in [-0.05, 0) is 56.9 Å². The predicted molar refractivity (Wildman–Crippen MR) is 101 cm³/mol. The molecule has 1 fully saturated rings. The maximum atomic E-state index is 12.0. The van der Waals surface area contributed by atoms with E-state index in [2.05, 4.69) is 20.8 Å². The summed E-state index contributed by atoms with van der Waals surface area (Å²) < 4.78 is 2.05. The predicted octanol–water partition coefficient (Wildman–Crippen LogP) is 3.23. The fraction of sp³-hybridized carbons (Fsp3) is 0.444. The van der Waals surface area contributed by atoms with E-state index in [1.807, 2.05) is 43.5 Å². The molecule has 0 aliphatic heterocycles. The minimum absolute atomic E-state index is 0.114. The van der Waals surface area contributed by atoms with Crippen molar-refractivity contribution in [1.82, 2.24) is 20.1 Å². The van der Waals surface area contributed by atoms with Crippen LogP contribution in [-0.4, -0.2) is 32.5 Å². The molecule has 0 atom stereocenters. The number of aryl methyl sites for hydroxylation is 2. The molecule has 26 heavy (non-hydrogen) atoms. The molecule has 2 N–H and O–H groups in total. The highest BCUT2D eigenvalue weighted by atomic mass is 32.2. The molecule has 1 aliphatic rings. The number of carbonyl (C=O) groups is 2. The molecule has 1 aromatic carbocycles. The maximum absolute atomic E-state index is 12.0. The molecule has 1 aromatic heterocycles. The van der Waals surface area contributed by atoms with Crippen LogP contribution in [0.3, 0.4) is 0 Å². The first kappa shape index (κ1) is 18.4. The number of thioether (sulfide) groups is 1. The molecule has 1 heterocycles. The maximum Gasteiger partial charge on any atom is 0.325 e. The van der Waals surface area contributed by atoms with Gasteiger partial charge in [0.1, 0.15) is 5.82 Å². The number of rotatable bonds is 6. The first-order chi connectivity index (χ1) is 12.5. The molecule has 0 radical (unpaired) electrons. The van der Waals surface area contributed by atoms with Crippen LogP contribution >= 0.6 is 11.8 Å². The summed E-state index contributed by atoms with van der Waals surface area (Å²) >= 11 is 1.30. The molecule has 1 aliphatic carbocycles. The number of aromatic nitrogens is 3. The normalized spacial score (nSPS) is 13.5. The summed E-state index contributed by atoms with van der Waals surface area (Å²) in [6.45, 7) is 6.79. The highest BCUT2D eigenvalue weighted by Crippen LogP contribution is 2.39. The molecule has 0 bridgehead atoms. The van der Waals surface area contributed by atoms with Crippen LogP contribution in [0.2, 0.25) is 0 Å². The van der Waals surface area contributed by atoms with E-state index in [0.717, 1.165) is 41.5 Å². The summed E-state index contributed by atoms with van der Waals surface area (Å²) in [6.07, 6.45) is 2.31. The minimum atomic E-state index is -0.533. The van der Waals surface area contributed by atoms with Gasteiger partial charge in [0.15, 0.2) is 5.16 Å². The van der Waals surface area contributed by atoms with E-state index in [0.29, 0.717) is 11.6 Å². The van der Waals surface area contributed by atoms with Crippen LogP contribution in [-0.2, 0) is 11.3 Å². The number of anilines is 1. The molecular formula is C18H23N5O2S. The lowest BCUT2D eigenvalue weighted by Gasteiger charge is -2.09. The third-order valence-corrected chi connectivity index (χ3v) is 5.32. The fourth-order valence-corrected chi connectivity index (χ4v) is 3.43. The second-order valence-corrected chi connectivity index (χ2v) is 7.39. The SMILES string of the molecule is CCn1c(SCC(=O)NC(=O)Nc2ccc(C)c(C)c2)nnc1C1CC1. The number of urea groups is 1. The number of amides is 3. The van der Waals surface area contributed by atoms with Crippen molar-refractivity contribution in [3.8, 4) is 0 Å². The molecule has 2 aromatic rings. The van der Waals surface area contributed by atoms with Crippen LogP contribution in [0.5, 0.6) is 0 Å². The number of imide groups is 1. The van der Waals surface area contributed by atoms with Crippen molar-refractivity contribution in [3.63, 3.8) is 0 Å². The van der Waals surface area contributed by atoms with Crippen molar-refractivity contribution >= 4 is 29.4 Å². The summed E-state index contributed by atoms with van der Waals surface area (Å²) in [5.74, 6) is 1.26. The Balaban J connectivity index is 1.50. The molecule has 1 saturated carbocycles. The van der Waals surface area contributed by atoms with Crippen LogP contribution in [0.15, 0.2) is 23.4 Å². The van der Waals surface area contributed by atoms with Gasteiger partial charge in [-0.3, -0.25) is 10.1 Å². The lowest BCUT2D eigenvalue weighted by atomic mass is 10.1. The third kappa shape index (κ3) is 4.43. The highest BCUT2D eigenvalue weighted by Gasteiger charge is 2.30. The van der Waals surface area contributed by atoms with E-state index >= 15 is 0 Å². The molecular weight excluding hydrogens is 350 g/mol.